The third-order valence-electron chi connectivity index (χ3n) is 2.12. The van der Waals surface area contributed by atoms with Gasteiger partial charge in [-0.1, -0.05) is 11.8 Å². The predicted octanol–water partition coefficient (Wildman–Crippen LogP) is 2.13. The zero-order chi connectivity index (χ0) is 14.6. The summed E-state index contributed by atoms with van der Waals surface area (Å²) in [6.45, 7) is 0. The molecule has 19 heavy (non-hydrogen) atoms. The number of carboxylic acids is 1. The first-order chi connectivity index (χ1) is 8.70. The van der Waals surface area contributed by atoms with E-state index in [1.165, 1.54) is 0 Å². The molecule has 0 bridgehead atoms. The van der Waals surface area contributed by atoms with Crippen LogP contribution in [0.3, 0.4) is 0 Å². The van der Waals surface area contributed by atoms with Crippen molar-refractivity contribution in [1.29, 1.82) is 0 Å². The van der Waals surface area contributed by atoms with Gasteiger partial charge in [-0.2, -0.15) is 13.2 Å². The molecule has 0 fully saturated rings. The molecule has 1 aromatic rings. The highest BCUT2D eigenvalue weighted by atomic mass is 32.2. The van der Waals surface area contributed by atoms with E-state index in [0.717, 1.165) is 24.3 Å². The maximum Gasteiger partial charge on any atom is 0.416 e. The highest BCUT2D eigenvalue weighted by Crippen LogP contribution is 2.31. The number of hydrogen-bond donors (Lipinski definition) is 2. The van der Waals surface area contributed by atoms with Gasteiger partial charge in [0, 0.05) is 11.3 Å². The molecule has 0 saturated heterocycles. The number of aliphatic carboxylic acids is 1. The minimum absolute atomic E-state index is 0.301. The van der Waals surface area contributed by atoms with Crippen LogP contribution in [0.1, 0.15) is 12.0 Å². The van der Waals surface area contributed by atoms with Crippen molar-refractivity contribution in [3.05, 3.63) is 29.8 Å². The second-order valence-corrected chi connectivity index (χ2v) is 4.78. The number of rotatable bonds is 4. The van der Waals surface area contributed by atoms with Crippen molar-refractivity contribution in [2.45, 2.75) is 23.5 Å². The third-order valence-corrected chi connectivity index (χ3v) is 3.02. The van der Waals surface area contributed by atoms with E-state index >= 15 is 0 Å². The molecule has 104 valence electrons. The predicted molar refractivity (Wildman–Crippen MR) is 62.5 cm³/mol. The minimum atomic E-state index is -4.43. The molecule has 1 unspecified atom stereocenters. The van der Waals surface area contributed by atoms with Crippen molar-refractivity contribution in [3.63, 3.8) is 0 Å². The zero-order valence-corrected chi connectivity index (χ0v) is 10.3. The van der Waals surface area contributed by atoms with Crippen LogP contribution >= 0.6 is 11.8 Å². The maximum atomic E-state index is 12.3. The molecule has 0 saturated carbocycles. The quantitative estimate of drug-likeness (QED) is 0.831. The van der Waals surface area contributed by atoms with E-state index in [9.17, 15) is 22.8 Å². The maximum absolute atomic E-state index is 12.3. The first kappa shape index (κ1) is 15.5. The van der Waals surface area contributed by atoms with E-state index in [0.29, 0.717) is 16.7 Å². The molecule has 0 aliphatic carbocycles. The van der Waals surface area contributed by atoms with Gasteiger partial charge in [0.1, 0.15) is 6.04 Å². The number of carbonyl (C=O) groups excluding carboxylic acids is 1. The van der Waals surface area contributed by atoms with Crippen LogP contribution in [0.2, 0.25) is 0 Å². The number of alkyl halides is 3. The first-order valence-corrected chi connectivity index (χ1v) is 5.88. The Kier molecular flexibility index (Phi) is 4.96. The molecule has 0 aliphatic heterocycles. The van der Waals surface area contributed by atoms with Gasteiger partial charge in [0.05, 0.1) is 5.56 Å². The summed E-state index contributed by atoms with van der Waals surface area (Å²) in [5.74, 6) is -1.30. The number of nitrogens with two attached hydrogens (primary N) is 1. The van der Waals surface area contributed by atoms with Crippen molar-refractivity contribution in [3.8, 4) is 0 Å². The second-order valence-electron chi connectivity index (χ2n) is 3.65. The lowest BCUT2D eigenvalue weighted by Crippen LogP contribution is -2.31. The van der Waals surface area contributed by atoms with E-state index < -0.39 is 28.9 Å². The number of thioether (sulfide) groups is 1. The molecular formula is C11H10F3NO3S. The van der Waals surface area contributed by atoms with Gasteiger partial charge in [0.25, 0.3) is 0 Å². The Bertz CT molecular complexity index is 473. The summed E-state index contributed by atoms with van der Waals surface area (Å²) < 4.78 is 36.9. The Hall–Kier alpha value is -1.54. The van der Waals surface area contributed by atoms with Crippen molar-refractivity contribution in [2.24, 2.45) is 5.73 Å². The van der Waals surface area contributed by atoms with Crippen molar-refractivity contribution in [2.75, 3.05) is 0 Å². The van der Waals surface area contributed by atoms with Gasteiger partial charge in [-0.3, -0.25) is 9.59 Å². The van der Waals surface area contributed by atoms with Gasteiger partial charge in [0.15, 0.2) is 5.12 Å². The summed E-state index contributed by atoms with van der Waals surface area (Å²) in [5.41, 5.74) is 4.36. The van der Waals surface area contributed by atoms with Gasteiger partial charge in [-0.05, 0) is 24.3 Å². The second kappa shape index (κ2) is 6.07. The molecule has 3 N–H and O–H groups in total. The van der Waals surface area contributed by atoms with Gasteiger partial charge >= 0.3 is 12.1 Å². The lowest BCUT2D eigenvalue weighted by molar-refractivity contribution is -0.139. The van der Waals surface area contributed by atoms with Crippen LogP contribution < -0.4 is 5.73 Å². The molecule has 1 rings (SSSR count). The largest absolute Gasteiger partial charge is 0.480 e. The van der Waals surface area contributed by atoms with Gasteiger partial charge < -0.3 is 10.8 Å². The Balaban J connectivity index is 2.63. The highest BCUT2D eigenvalue weighted by molar-refractivity contribution is 8.13. The molecule has 0 heterocycles. The van der Waals surface area contributed by atoms with Crippen LogP contribution in [0.5, 0.6) is 0 Å². The topological polar surface area (TPSA) is 80.4 Å². The van der Waals surface area contributed by atoms with Crippen LogP contribution in [0.25, 0.3) is 0 Å². The smallest absolute Gasteiger partial charge is 0.416 e. The van der Waals surface area contributed by atoms with Crippen molar-refractivity contribution < 1.29 is 27.9 Å². The molecule has 0 amide bonds. The van der Waals surface area contributed by atoms with E-state index in [1.807, 2.05) is 0 Å². The molecule has 4 nitrogen and oxygen atoms in total. The summed E-state index contributed by atoms with van der Waals surface area (Å²) in [4.78, 5) is 22.1. The summed E-state index contributed by atoms with van der Waals surface area (Å²) in [5, 5.41) is 7.99. The minimum Gasteiger partial charge on any atom is -0.480 e. The molecule has 0 aliphatic rings. The lowest BCUT2D eigenvalue weighted by Gasteiger charge is -2.08. The zero-order valence-electron chi connectivity index (χ0n) is 9.48. The van der Waals surface area contributed by atoms with Gasteiger partial charge in [-0.25, -0.2) is 0 Å². The van der Waals surface area contributed by atoms with E-state index in [-0.39, 0.29) is 6.42 Å². The van der Waals surface area contributed by atoms with Gasteiger partial charge in [0.2, 0.25) is 0 Å². The summed E-state index contributed by atoms with van der Waals surface area (Å²) >= 11 is 0.659. The molecule has 0 radical (unpaired) electrons. The molecule has 1 aromatic carbocycles. The molecule has 1 atom stereocenters. The average molecular weight is 293 g/mol. The fraction of sp³-hybridized carbons (Fsp3) is 0.273. The highest BCUT2D eigenvalue weighted by Gasteiger charge is 2.30. The van der Waals surface area contributed by atoms with Gasteiger partial charge in [-0.15, -0.1) is 0 Å². The standard InChI is InChI=1S/C11H10F3NO3S/c12-11(13,14)6-1-3-7(4-2-6)19-9(16)5-8(15)10(17)18/h1-4,8H,5,15H2,(H,17,18). The monoisotopic (exact) mass is 293 g/mol. The summed E-state index contributed by atoms with van der Waals surface area (Å²) in [7, 11) is 0. The third kappa shape index (κ3) is 4.92. The Labute approximate surface area is 110 Å². The van der Waals surface area contributed by atoms with E-state index in [2.05, 4.69) is 0 Å². The average Bonchev–Trinajstić information content (AvgIpc) is 2.28. The number of carbonyl (C=O) groups is 2. The molecular weight excluding hydrogens is 283 g/mol. The van der Waals surface area contributed by atoms with Crippen molar-refractivity contribution in [1.82, 2.24) is 0 Å². The molecule has 0 spiro atoms. The number of hydrogen-bond acceptors (Lipinski definition) is 4. The molecule has 0 aromatic heterocycles. The van der Waals surface area contributed by atoms with Crippen molar-refractivity contribution >= 4 is 22.8 Å². The Morgan fingerprint density at radius 1 is 1.26 bits per heavy atom. The van der Waals surface area contributed by atoms with Crippen LogP contribution in [0, 0.1) is 0 Å². The van der Waals surface area contributed by atoms with Crippen LogP contribution in [-0.4, -0.2) is 22.2 Å². The fourth-order valence-corrected chi connectivity index (χ4v) is 1.95. The number of carboxylic acid groups (broad SMARTS) is 1. The van der Waals surface area contributed by atoms with Crippen LogP contribution in [0.15, 0.2) is 29.2 Å². The number of halogens is 3. The number of benzene rings is 1. The van der Waals surface area contributed by atoms with E-state index in [1.54, 1.807) is 0 Å². The van der Waals surface area contributed by atoms with Crippen LogP contribution in [0.4, 0.5) is 13.2 Å². The normalized spacial score (nSPS) is 13.1. The Morgan fingerprint density at radius 3 is 2.21 bits per heavy atom. The fourth-order valence-electron chi connectivity index (χ4n) is 1.15. The Morgan fingerprint density at radius 2 is 1.79 bits per heavy atom. The summed E-state index contributed by atoms with van der Waals surface area (Å²) in [6, 6.07) is 2.70. The SMILES string of the molecule is NC(CC(=O)Sc1ccc(C(F)(F)F)cc1)C(=O)O. The first-order valence-electron chi connectivity index (χ1n) is 5.06. The summed E-state index contributed by atoms with van der Waals surface area (Å²) in [6.07, 6.45) is -4.82. The molecule has 8 heteroatoms. The van der Waals surface area contributed by atoms with Crippen LogP contribution in [-0.2, 0) is 15.8 Å². The van der Waals surface area contributed by atoms with E-state index in [4.69, 9.17) is 10.8 Å². The lowest BCUT2D eigenvalue weighted by atomic mass is 10.2.